The highest BCUT2D eigenvalue weighted by Gasteiger charge is 2.22. The first-order valence-electron chi connectivity index (χ1n) is 4.49. The number of halogens is 2. The Labute approximate surface area is 94.7 Å². The van der Waals surface area contributed by atoms with Crippen LogP contribution in [-0.2, 0) is 6.42 Å². The van der Waals surface area contributed by atoms with Gasteiger partial charge in [0, 0.05) is 11.8 Å². The first-order valence-corrected chi connectivity index (χ1v) is 5.56. The molecule has 0 atom stereocenters. The van der Waals surface area contributed by atoms with E-state index in [-0.39, 0.29) is 11.2 Å². The lowest BCUT2D eigenvalue weighted by atomic mass is 9.87. The summed E-state index contributed by atoms with van der Waals surface area (Å²) in [6.07, 6.45) is 0.786. The molecule has 0 bridgehead atoms. The van der Waals surface area contributed by atoms with Gasteiger partial charge in [-0.05, 0) is 29.5 Å². The van der Waals surface area contributed by atoms with E-state index in [4.69, 9.17) is 23.2 Å². The molecule has 0 amide bonds. The maximum Gasteiger partial charge on any atom is 0.115 e. The van der Waals surface area contributed by atoms with Gasteiger partial charge in [0.1, 0.15) is 5.75 Å². The molecule has 3 heteroatoms. The van der Waals surface area contributed by atoms with Gasteiger partial charge in [0.25, 0.3) is 0 Å². The van der Waals surface area contributed by atoms with E-state index in [0.29, 0.717) is 11.8 Å². The Kier molecular flexibility index (Phi) is 4.09. The number of hydrogen-bond donors (Lipinski definition) is 1. The van der Waals surface area contributed by atoms with Gasteiger partial charge in [-0.2, -0.15) is 0 Å². The minimum atomic E-state index is -0.100. The van der Waals surface area contributed by atoms with Crippen molar-refractivity contribution in [2.45, 2.75) is 13.3 Å². The molecule has 0 fully saturated rings. The highest BCUT2D eigenvalue weighted by atomic mass is 35.5. The monoisotopic (exact) mass is 232 g/mol. The van der Waals surface area contributed by atoms with Crippen molar-refractivity contribution in [1.29, 1.82) is 0 Å². The zero-order valence-electron chi connectivity index (χ0n) is 8.13. The molecule has 1 aromatic carbocycles. The van der Waals surface area contributed by atoms with Gasteiger partial charge in [-0.15, -0.1) is 23.2 Å². The molecule has 1 nitrogen and oxygen atoms in total. The smallest absolute Gasteiger partial charge is 0.115 e. The number of phenolic OH excluding ortho intramolecular Hbond substituents is 1. The molecule has 0 aliphatic rings. The van der Waals surface area contributed by atoms with Crippen molar-refractivity contribution in [3.8, 4) is 5.75 Å². The predicted octanol–water partition coefficient (Wildman–Crippen LogP) is 3.42. The van der Waals surface area contributed by atoms with Gasteiger partial charge in [-0.25, -0.2) is 0 Å². The number of benzene rings is 1. The van der Waals surface area contributed by atoms with Crippen molar-refractivity contribution < 1.29 is 5.11 Å². The standard InChI is InChI=1S/C11H14Cl2O/c1-11(7-12,8-13)6-9-3-2-4-10(14)5-9/h2-5,14H,6-8H2,1H3. The third kappa shape index (κ3) is 3.07. The fourth-order valence-corrected chi connectivity index (χ4v) is 1.76. The van der Waals surface area contributed by atoms with Crippen LogP contribution in [0.1, 0.15) is 12.5 Å². The molecule has 1 rings (SSSR count). The van der Waals surface area contributed by atoms with Crippen LogP contribution in [0.5, 0.6) is 5.75 Å². The maximum absolute atomic E-state index is 9.29. The number of alkyl halides is 2. The van der Waals surface area contributed by atoms with E-state index in [1.807, 2.05) is 19.1 Å². The summed E-state index contributed by atoms with van der Waals surface area (Å²) in [5.74, 6) is 1.33. The highest BCUT2D eigenvalue weighted by Crippen LogP contribution is 2.27. The van der Waals surface area contributed by atoms with Gasteiger partial charge in [-0.1, -0.05) is 19.1 Å². The lowest BCUT2D eigenvalue weighted by Gasteiger charge is -2.24. The summed E-state index contributed by atoms with van der Waals surface area (Å²) in [6, 6.07) is 7.20. The summed E-state index contributed by atoms with van der Waals surface area (Å²) in [6.45, 7) is 2.04. The van der Waals surface area contributed by atoms with E-state index in [1.54, 1.807) is 12.1 Å². The summed E-state index contributed by atoms with van der Waals surface area (Å²) in [4.78, 5) is 0. The molecule has 0 aliphatic carbocycles. The average Bonchev–Trinajstić information content (AvgIpc) is 2.18. The quantitative estimate of drug-likeness (QED) is 0.790. The van der Waals surface area contributed by atoms with Crippen LogP contribution in [0.4, 0.5) is 0 Å². The van der Waals surface area contributed by atoms with E-state index in [1.165, 1.54) is 0 Å². The lowest BCUT2D eigenvalue weighted by Crippen LogP contribution is -2.23. The molecular weight excluding hydrogens is 219 g/mol. The van der Waals surface area contributed by atoms with E-state index >= 15 is 0 Å². The van der Waals surface area contributed by atoms with E-state index in [0.717, 1.165) is 12.0 Å². The SMILES string of the molecule is CC(CCl)(CCl)Cc1cccc(O)c1. The van der Waals surface area contributed by atoms with Crippen molar-refractivity contribution in [3.05, 3.63) is 29.8 Å². The van der Waals surface area contributed by atoms with Crippen LogP contribution in [0.2, 0.25) is 0 Å². The Bertz CT molecular complexity index is 295. The third-order valence-corrected chi connectivity index (χ3v) is 3.48. The average molecular weight is 233 g/mol. The molecule has 0 saturated heterocycles. The van der Waals surface area contributed by atoms with Gasteiger partial charge < -0.3 is 5.11 Å². The van der Waals surface area contributed by atoms with E-state index < -0.39 is 0 Å². The molecule has 1 aromatic rings. The number of rotatable bonds is 4. The summed E-state index contributed by atoms with van der Waals surface area (Å²) >= 11 is 11.7. The van der Waals surface area contributed by atoms with Crippen LogP contribution in [0.25, 0.3) is 0 Å². The molecule has 14 heavy (non-hydrogen) atoms. The first-order chi connectivity index (χ1) is 6.59. The van der Waals surface area contributed by atoms with E-state index in [2.05, 4.69) is 0 Å². The zero-order chi connectivity index (χ0) is 10.6. The molecular formula is C11H14Cl2O. The van der Waals surface area contributed by atoms with Gasteiger partial charge in [0.2, 0.25) is 0 Å². The molecule has 0 spiro atoms. The van der Waals surface area contributed by atoms with Crippen LogP contribution in [-0.4, -0.2) is 16.9 Å². The fourth-order valence-electron chi connectivity index (χ4n) is 1.29. The highest BCUT2D eigenvalue weighted by molar-refractivity contribution is 6.21. The first kappa shape index (κ1) is 11.7. The topological polar surface area (TPSA) is 20.2 Å². The van der Waals surface area contributed by atoms with Crippen LogP contribution >= 0.6 is 23.2 Å². The second kappa shape index (κ2) is 4.90. The van der Waals surface area contributed by atoms with Crippen molar-refractivity contribution in [3.63, 3.8) is 0 Å². The summed E-state index contributed by atoms with van der Waals surface area (Å²) in [5.41, 5.74) is 0.963. The maximum atomic E-state index is 9.29. The zero-order valence-corrected chi connectivity index (χ0v) is 9.65. The number of hydrogen-bond acceptors (Lipinski definition) is 1. The fraction of sp³-hybridized carbons (Fsp3) is 0.455. The Morgan fingerprint density at radius 2 is 1.93 bits per heavy atom. The van der Waals surface area contributed by atoms with Gasteiger partial charge in [0.15, 0.2) is 0 Å². The van der Waals surface area contributed by atoms with E-state index in [9.17, 15) is 5.11 Å². The number of aromatic hydroxyl groups is 1. The molecule has 1 N–H and O–H groups in total. The second-order valence-electron chi connectivity index (χ2n) is 3.92. The van der Waals surface area contributed by atoms with Gasteiger partial charge in [-0.3, -0.25) is 0 Å². The Hall–Kier alpha value is -0.400. The summed E-state index contributed by atoms with van der Waals surface area (Å²) < 4.78 is 0. The van der Waals surface area contributed by atoms with Crippen molar-refractivity contribution in [1.82, 2.24) is 0 Å². The van der Waals surface area contributed by atoms with Crippen molar-refractivity contribution >= 4 is 23.2 Å². The minimum Gasteiger partial charge on any atom is -0.508 e. The van der Waals surface area contributed by atoms with Gasteiger partial charge in [0.05, 0.1) is 0 Å². The number of phenols is 1. The largest absolute Gasteiger partial charge is 0.508 e. The van der Waals surface area contributed by atoms with Crippen LogP contribution < -0.4 is 0 Å². The second-order valence-corrected chi connectivity index (χ2v) is 4.46. The van der Waals surface area contributed by atoms with Crippen molar-refractivity contribution in [2.75, 3.05) is 11.8 Å². The van der Waals surface area contributed by atoms with Crippen LogP contribution in [0, 0.1) is 5.41 Å². The molecule has 78 valence electrons. The molecule has 0 radical (unpaired) electrons. The van der Waals surface area contributed by atoms with Gasteiger partial charge >= 0.3 is 0 Å². The normalized spacial score (nSPS) is 11.6. The van der Waals surface area contributed by atoms with Crippen molar-refractivity contribution in [2.24, 2.45) is 5.41 Å². The Morgan fingerprint density at radius 3 is 2.43 bits per heavy atom. The molecule has 0 aliphatic heterocycles. The Balaban J connectivity index is 2.77. The van der Waals surface area contributed by atoms with Crippen LogP contribution in [0.3, 0.4) is 0 Å². The lowest BCUT2D eigenvalue weighted by molar-refractivity contribution is 0.422. The molecule has 0 unspecified atom stereocenters. The third-order valence-electron chi connectivity index (χ3n) is 2.19. The molecule has 0 heterocycles. The molecule has 0 aromatic heterocycles. The summed E-state index contributed by atoms with van der Waals surface area (Å²) in [7, 11) is 0. The van der Waals surface area contributed by atoms with Crippen LogP contribution in [0.15, 0.2) is 24.3 Å². The predicted molar refractivity (Wildman–Crippen MR) is 61.4 cm³/mol. The Morgan fingerprint density at radius 1 is 1.29 bits per heavy atom. The molecule has 0 saturated carbocycles. The summed E-state index contributed by atoms with van der Waals surface area (Å²) in [5, 5.41) is 9.29. The minimum absolute atomic E-state index is 0.100.